The van der Waals surface area contributed by atoms with E-state index in [9.17, 15) is 24.0 Å². The number of Topliss-reactive ketones (excluding diaryl/α,β-unsaturated/α-hetero) is 1. The van der Waals surface area contributed by atoms with Crippen LogP contribution in [0.4, 0.5) is 4.79 Å². The van der Waals surface area contributed by atoms with Gasteiger partial charge in [-0.1, -0.05) is 90.9 Å². The first-order valence-electron chi connectivity index (χ1n) is 21.0. The van der Waals surface area contributed by atoms with Crippen molar-refractivity contribution in [1.29, 1.82) is 0 Å². The van der Waals surface area contributed by atoms with E-state index in [-0.39, 0.29) is 51.3 Å². The fourth-order valence-electron chi connectivity index (χ4n) is 5.11. The molecule has 284 valence electrons. The number of alkyl carbamates (subject to hydrolysis) is 1. The molecule has 0 radical (unpaired) electrons. The molecular weight excluding hydrogens is 676 g/mol. The summed E-state index contributed by atoms with van der Waals surface area (Å²) in [6.07, 6.45) is -3.86. The molecule has 3 aromatic carbocycles. The van der Waals surface area contributed by atoms with Crippen LogP contribution < -0.4 is 38.9 Å². The molecule has 0 bridgehead atoms. The van der Waals surface area contributed by atoms with Crippen molar-refractivity contribution in [2.24, 2.45) is 33.8 Å². The lowest BCUT2D eigenvalue weighted by atomic mass is 9.89. The molecule has 14 nitrogen and oxygen atoms in total. The fraction of sp³-hybridized carbons (Fsp3) is 0.385. The Balaban J connectivity index is 1.79. The maximum atomic E-state index is 14.1. The number of unbranched alkanes of at least 4 members (excludes halogenated alkanes) is 1. The number of hydrogen-bond donors (Lipinski definition) is 7. The van der Waals surface area contributed by atoms with E-state index >= 15 is 0 Å². The van der Waals surface area contributed by atoms with Crippen LogP contribution in [0.1, 0.15) is 66.2 Å². The van der Waals surface area contributed by atoms with Gasteiger partial charge in [-0.15, -0.1) is 0 Å². The van der Waals surface area contributed by atoms with Crippen LogP contribution in [-0.2, 0) is 43.3 Å². The molecule has 14 heteroatoms. The van der Waals surface area contributed by atoms with Crippen LogP contribution in [0.2, 0.25) is 0 Å². The molecule has 11 N–H and O–H groups in total. The summed E-state index contributed by atoms with van der Waals surface area (Å²) in [6.45, 7) is 0.278. The van der Waals surface area contributed by atoms with E-state index in [2.05, 4.69) is 20.9 Å². The van der Waals surface area contributed by atoms with E-state index in [0.717, 1.165) is 5.56 Å². The van der Waals surface area contributed by atoms with Crippen LogP contribution >= 0.6 is 0 Å². The van der Waals surface area contributed by atoms with Crippen LogP contribution in [0.25, 0.3) is 0 Å². The Labute approximate surface area is 321 Å². The zero-order valence-corrected chi connectivity index (χ0v) is 29.3. The van der Waals surface area contributed by atoms with Gasteiger partial charge in [0.1, 0.15) is 12.6 Å². The summed E-state index contributed by atoms with van der Waals surface area (Å²) in [5, 5.41) is 7.52. The molecule has 3 rings (SSSR count). The van der Waals surface area contributed by atoms with Gasteiger partial charge in [0.25, 0.3) is 0 Å². The maximum absolute atomic E-state index is 14.1. The Bertz CT molecular complexity index is 2010. The molecule has 4 atom stereocenters. The van der Waals surface area contributed by atoms with Crippen molar-refractivity contribution >= 4 is 35.6 Å². The summed E-state index contributed by atoms with van der Waals surface area (Å²) in [5.41, 5.74) is 22.9. The van der Waals surface area contributed by atoms with Crippen molar-refractivity contribution in [3.05, 3.63) is 108 Å². The molecule has 0 aromatic heterocycles. The minimum Gasteiger partial charge on any atom is -0.445 e. The summed E-state index contributed by atoms with van der Waals surface area (Å²) in [6, 6.07) is 6.95. The van der Waals surface area contributed by atoms with Crippen molar-refractivity contribution in [2.75, 3.05) is 13.1 Å². The summed E-state index contributed by atoms with van der Waals surface area (Å²) < 4.78 is 71.2. The monoisotopic (exact) mass is 736 g/mol. The molecule has 0 saturated heterocycles. The Morgan fingerprint density at radius 3 is 2.06 bits per heavy atom. The number of nitrogens with two attached hydrogens (primary N) is 4. The number of benzene rings is 3. The van der Waals surface area contributed by atoms with Crippen LogP contribution in [0.5, 0.6) is 0 Å². The van der Waals surface area contributed by atoms with Crippen molar-refractivity contribution in [3.8, 4) is 0 Å². The Kier molecular flexibility index (Phi) is 13.3. The summed E-state index contributed by atoms with van der Waals surface area (Å²) >= 11 is 0. The molecule has 0 saturated carbocycles. The number of ether oxygens (including phenoxy) is 1. The predicted octanol–water partition coefficient (Wildman–Crippen LogP) is 1.98. The van der Waals surface area contributed by atoms with Gasteiger partial charge in [0, 0.05) is 28.2 Å². The molecule has 4 amide bonds. The van der Waals surface area contributed by atoms with Gasteiger partial charge in [-0.25, -0.2) is 4.79 Å². The van der Waals surface area contributed by atoms with E-state index in [1.807, 2.05) is 30.3 Å². The van der Waals surface area contributed by atoms with E-state index < -0.39 is 102 Å². The first-order valence-corrected chi connectivity index (χ1v) is 17.0. The second-order valence-corrected chi connectivity index (χ2v) is 12.0. The van der Waals surface area contributed by atoms with Gasteiger partial charge in [0.05, 0.1) is 20.3 Å². The first-order chi connectivity index (χ1) is 28.7. The highest BCUT2D eigenvalue weighted by atomic mass is 16.5. The molecule has 0 fully saturated rings. The normalized spacial score (nSPS) is 16.0. The highest BCUT2D eigenvalue weighted by molar-refractivity contribution is 5.94. The number of guanidine groups is 1. The zero-order valence-electron chi connectivity index (χ0n) is 37.3. The summed E-state index contributed by atoms with van der Waals surface area (Å²) in [7, 11) is 0. The topological polar surface area (TPSA) is 247 Å². The second kappa shape index (κ2) is 22.9. The number of nitrogens with zero attached hydrogens (tertiary/aromatic N) is 1. The first kappa shape index (κ1) is 30.8. The summed E-state index contributed by atoms with van der Waals surface area (Å²) in [5.74, 6) is -5.30. The Morgan fingerprint density at radius 1 is 0.792 bits per heavy atom. The maximum Gasteiger partial charge on any atom is 0.407 e. The van der Waals surface area contributed by atoms with Crippen LogP contribution in [0.15, 0.2) is 95.9 Å². The van der Waals surface area contributed by atoms with Gasteiger partial charge >= 0.3 is 6.09 Å². The van der Waals surface area contributed by atoms with E-state index in [1.165, 1.54) is 0 Å². The lowest BCUT2D eigenvalue weighted by Crippen LogP contribution is -2.51. The average molecular weight is 737 g/mol. The standard InChI is InChI=1S/C39H52N8O6/c40-31(24-28-15-6-2-7-16-28)37(51)46-32(20-12-22-44-38(42)43)34(48)25-30(23-27-13-4-1-5-14-27)36(50)47-33(35(41)49)19-10-11-21-45-39(52)53-26-29-17-8-3-9-18-29/h1-9,13-18,30-33H,10-12,19-26,40H2,(H2,41,49)(H,45,52)(H,46,51)(H,47,50)(H4,42,43,44)/t30-,31+,32-,33+/m1/s1/i2D,6D,7D,15D,16D,24D2,31D. The van der Waals surface area contributed by atoms with Crippen LogP contribution in [0, 0.1) is 5.92 Å². The van der Waals surface area contributed by atoms with Crippen molar-refractivity contribution < 1.29 is 39.7 Å². The zero-order chi connectivity index (χ0) is 45.5. The smallest absolute Gasteiger partial charge is 0.407 e. The second-order valence-electron chi connectivity index (χ2n) is 12.0. The number of ketones is 1. The third kappa shape index (κ3) is 16.4. The number of hydrogen-bond acceptors (Lipinski definition) is 8. The average Bonchev–Trinajstić information content (AvgIpc) is 3.21. The Hall–Kier alpha value is -5.76. The van der Waals surface area contributed by atoms with Crippen LogP contribution in [0.3, 0.4) is 0 Å². The quantitative estimate of drug-likeness (QED) is 0.0427. The van der Waals surface area contributed by atoms with Gasteiger partial charge in [-0.05, 0) is 61.6 Å². The van der Waals surface area contributed by atoms with Crippen LogP contribution in [-0.4, -0.2) is 66.7 Å². The molecule has 0 unspecified atom stereocenters. The van der Waals surface area contributed by atoms with Crippen molar-refractivity contribution in [1.82, 2.24) is 16.0 Å². The number of nitrogens with one attached hydrogen (secondary N) is 3. The molecule has 0 aliphatic carbocycles. The fourth-order valence-corrected chi connectivity index (χ4v) is 5.11. The van der Waals surface area contributed by atoms with E-state index in [4.69, 9.17) is 38.6 Å². The lowest BCUT2D eigenvalue weighted by molar-refractivity contribution is -0.133. The molecule has 0 aliphatic heterocycles. The van der Waals surface area contributed by atoms with E-state index in [1.54, 1.807) is 30.3 Å². The third-order valence-corrected chi connectivity index (χ3v) is 7.85. The van der Waals surface area contributed by atoms with Crippen molar-refractivity contribution in [2.45, 2.75) is 76.0 Å². The highest BCUT2D eigenvalue weighted by Crippen LogP contribution is 2.17. The minimum absolute atomic E-state index is 0.00907. The van der Waals surface area contributed by atoms with Gasteiger partial charge in [-0.2, -0.15) is 0 Å². The molecule has 0 aliphatic rings. The molecule has 3 aromatic rings. The molecular formula is C39H52N8O6. The number of rotatable bonds is 23. The predicted molar refractivity (Wildman–Crippen MR) is 203 cm³/mol. The number of carbonyl (C=O) groups is 5. The highest BCUT2D eigenvalue weighted by Gasteiger charge is 2.30. The van der Waals surface area contributed by atoms with Gasteiger partial charge in [0.2, 0.25) is 17.7 Å². The largest absolute Gasteiger partial charge is 0.445 e. The van der Waals surface area contributed by atoms with Gasteiger partial charge < -0.3 is 43.6 Å². The number of carbonyl (C=O) groups excluding carboxylic acids is 5. The molecule has 0 spiro atoms. The van der Waals surface area contributed by atoms with Gasteiger partial charge in [0.15, 0.2) is 11.7 Å². The third-order valence-electron chi connectivity index (χ3n) is 7.85. The van der Waals surface area contributed by atoms with Crippen molar-refractivity contribution in [3.63, 3.8) is 0 Å². The number of aliphatic imine (C=N–C) groups is 1. The van der Waals surface area contributed by atoms with Gasteiger partial charge in [-0.3, -0.25) is 24.2 Å². The number of amides is 4. The molecule has 53 heavy (non-hydrogen) atoms. The number of primary amides is 1. The summed E-state index contributed by atoms with van der Waals surface area (Å²) in [4.78, 5) is 70.1. The Morgan fingerprint density at radius 2 is 1.42 bits per heavy atom. The minimum atomic E-state index is -3.41. The van der Waals surface area contributed by atoms with E-state index in [0.29, 0.717) is 18.4 Å². The lowest BCUT2D eigenvalue weighted by Gasteiger charge is -2.24. The SMILES string of the molecule is [2H]c1c([2H])c([2H])c(C([2H])([2H])[C@]([2H])(N)C(=O)N[C@H](CCCN=C(N)N)C(=O)C[C@@H](Cc2ccccc2)C(=O)N[C@@H](CCCCNC(=O)OCc2ccccc2)C(N)=O)c([2H])c1[2H]. The molecule has 0 heterocycles.